The minimum Gasteiger partial charge on any atom is -0.497 e. The van der Waals surface area contributed by atoms with Gasteiger partial charge in [0.1, 0.15) is 23.4 Å². The summed E-state index contributed by atoms with van der Waals surface area (Å²) in [5.74, 6) is -0.177. The Hall–Kier alpha value is -3.55. The maximum Gasteiger partial charge on any atom is 0.408 e. The normalized spacial score (nSPS) is 13.6. The van der Waals surface area contributed by atoms with Gasteiger partial charge in [0.05, 0.1) is 7.11 Å². The molecule has 0 heterocycles. The Balaban J connectivity index is 2.56. The Labute approximate surface area is 233 Å². The van der Waals surface area contributed by atoms with Gasteiger partial charge in [0.15, 0.2) is 0 Å². The van der Waals surface area contributed by atoms with Gasteiger partial charge in [0.25, 0.3) is 5.91 Å². The van der Waals surface area contributed by atoms with Crippen molar-refractivity contribution in [3.8, 4) is 5.75 Å². The van der Waals surface area contributed by atoms with E-state index in [9.17, 15) is 14.4 Å². The van der Waals surface area contributed by atoms with Crippen LogP contribution in [-0.4, -0.2) is 48.1 Å². The first kappa shape index (κ1) is 31.7. The Bertz CT molecular complexity index is 1120. The zero-order valence-corrected chi connectivity index (χ0v) is 24.9. The fraction of sp³-hybridized carbons (Fsp3) is 0.516. The third-order valence-corrected chi connectivity index (χ3v) is 6.76. The van der Waals surface area contributed by atoms with E-state index < -0.39 is 23.8 Å². The summed E-state index contributed by atoms with van der Waals surface area (Å²) in [5, 5.41) is 5.78. The Morgan fingerprint density at radius 2 is 1.64 bits per heavy atom. The summed E-state index contributed by atoms with van der Waals surface area (Å²) in [7, 11) is 1.58. The second kappa shape index (κ2) is 14.0. The number of ether oxygens (including phenoxy) is 2. The Morgan fingerprint density at radius 3 is 2.18 bits per heavy atom. The molecular weight excluding hydrogens is 494 g/mol. The molecule has 2 aromatic rings. The van der Waals surface area contributed by atoms with E-state index in [1.54, 1.807) is 57.0 Å². The second-order valence-electron chi connectivity index (χ2n) is 11.0. The highest BCUT2D eigenvalue weighted by Gasteiger charge is 2.38. The van der Waals surface area contributed by atoms with Crippen LogP contribution in [0.1, 0.15) is 77.1 Å². The topological polar surface area (TPSA) is 97.0 Å². The SMILES string of the molecule is CCCN(C(=O)C(NC(=O)OC(C)(C)C)C(C)CC)C(C(=O)Nc1ccc(OC)cc1)c1cccc(C)c1C. The molecule has 3 amide bonds. The van der Waals surface area contributed by atoms with Crippen LogP contribution in [0.25, 0.3) is 0 Å². The summed E-state index contributed by atoms with van der Waals surface area (Å²) >= 11 is 0. The molecule has 0 spiro atoms. The van der Waals surface area contributed by atoms with Crippen molar-refractivity contribution in [1.29, 1.82) is 0 Å². The van der Waals surface area contributed by atoms with Gasteiger partial charge < -0.3 is 25.0 Å². The van der Waals surface area contributed by atoms with Gasteiger partial charge in [0, 0.05) is 12.2 Å². The summed E-state index contributed by atoms with van der Waals surface area (Å²) in [6.45, 7) is 15.4. The van der Waals surface area contributed by atoms with Crippen LogP contribution >= 0.6 is 0 Å². The molecule has 0 saturated carbocycles. The number of hydrogen-bond donors (Lipinski definition) is 2. The van der Waals surface area contributed by atoms with E-state index in [2.05, 4.69) is 10.6 Å². The van der Waals surface area contributed by atoms with Gasteiger partial charge in [-0.2, -0.15) is 0 Å². The third-order valence-electron chi connectivity index (χ3n) is 6.76. The number of alkyl carbamates (subject to hydrolysis) is 1. The molecule has 3 atom stereocenters. The molecule has 2 aromatic carbocycles. The summed E-state index contributed by atoms with van der Waals surface area (Å²) in [4.78, 5) is 42.6. The number of anilines is 1. The van der Waals surface area contributed by atoms with E-state index in [4.69, 9.17) is 9.47 Å². The van der Waals surface area contributed by atoms with Crippen molar-refractivity contribution >= 4 is 23.6 Å². The van der Waals surface area contributed by atoms with Crippen molar-refractivity contribution in [3.63, 3.8) is 0 Å². The van der Waals surface area contributed by atoms with E-state index in [1.807, 2.05) is 52.8 Å². The van der Waals surface area contributed by atoms with E-state index >= 15 is 0 Å². The van der Waals surface area contributed by atoms with Crippen LogP contribution in [0.2, 0.25) is 0 Å². The van der Waals surface area contributed by atoms with Gasteiger partial charge in [-0.15, -0.1) is 0 Å². The molecule has 0 aliphatic carbocycles. The fourth-order valence-electron chi connectivity index (χ4n) is 4.31. The van der Waals surface area contributed by atoms with Crippen molar-refractivity contribution in [2.75, 3.05) is 19.0 Å². The highest BCUT2D eigenvalue weighted by atomic mass is 16.6. The smallest absolute Gasteiger partial charge is 0.408 e. The number of methoxy groups -OCH3 is 1. The number of nitrogens with zero attached hydrogens (tertiary/aromatic N) is 1. The Morgan fingerprint density at radius 1 is 1.00 bits per heavy atom. The zero-order valence-electron chi connectivity index (χ0n) is 24.9. The summed E-state index contributed by atoms with van der Waals surface area (Å²) in [6.07, 6.45) is 0.615. The van der Waals surface area contributed by atoms with Crippen molar-refractivity contribution < 1.29 is 23.9 Å². The Kier molecular flexibility index (Phi) is 11.4. The molecule has 0 saturated heterocycles. The highest BCUT2D eigenvalue weighted by molar-refractivity contribution is 5.99. The van der Waals surface area contributed by atoms with Crippen molar-refractivity contribution in [1.82, 2.24) is 10.2 Å². The average Bonchev–Trinajstić information content (AvgIpc) is 2.88. The number of rotatable bonds is 11. The molecule has 0 aromatic heterocycles. The number of aryl methyl sites for hydroxylation is 1. The number of benzene rings is 2. The molecule has 3 unspecified atom stereocenters. The van der Waals surface area contributed by atoms with Gasteiger partial charge in [0.2, 0.25) is 5.91 Å². The maximum absolute atomic E-state index is 14.2. The van der Waals surface area contributed by atoms with Gasteiger partial charge in [-0.1, -0.05) is 45.4 Å². The monoisotopic (exact) mass is 539 g/mol. The number of carbonyl (C=O) groups is 3. The molecule has 0 fully saturated rings. The number of carbonyl (C=O) groups excluding carboxylic acids is 3. The maximum atomic E-state index is 14.2. The summed E-state index contributed by atoms with van der Waals surface area (Å²) in [6, 6.07) is 11.0. The van der Waals surface area contributed by atoms with Crippen molar-refractivity contribution in [2.24, 2.45) is 5.92 Å². The molecule has 8 heteroatoms. The first-order valence-corrected chi connectivity index (χ1v) is 13.6. The van der Waals surface area contributed by atoms with Crippen LogP contribution in [0.15, 0.2) is 42.5 Å². The number of hydrogen-bond acceptors (Lipinski definition) is 5. The summed E-state index contributed by atoms with van der Waals surface area (Å²) in [5.41, 5.74) is 2.56. The molecule has 0 aliphatic rings. The quantitative estimate of drug-likeness (QED) is 0.356. The predicted molar refractivity (Wildman–Crippen MR) is 155 cm³/mol. The van der Waals surface area contributed by atoms with E-state index in [0.29, 0.717) is 30.8 Å². The predicted octanol–water partition coefficient (Wildman–Crippen LogP) is 6.17. The minimum absolute atomic E-state index is 0.187. The largest absolute Gasteiger partial charge is 0.497 e. The lowest BCUT2D eigenvalue weighted by Crippen LogP contribution is -2.55. The first-order chi connectivity index (χ1) is 18.3. The van der Waals surface area contributed by atoms with Gasteiger partial charge in [-0.25, -0.2) is 4.79 Å². The fourth-order valence-corrected chi connectivity index (χ4v) is 4.31. The lowest BCUT2D eigenvalue weighted by atomic mass is 9.93. The van der Waals surface area contributed by atoms with E-state index in [-0.39, 0.29) is 17.7 Å². The van der Waals surface area contributed by atoms with E-state index in [1.165, 1.54) is 0 Å². The van der Waals surface area contributed by atoms with Crippen LogP contribution in [0.3, 0.4) is 0 Å². The molecule has 8 nitrogen and oxygen atoms in total. The second-order valence-corrected chi connectivity index (χ2v) is 11.0. The van der Waals surface area contributed by atoms with Crippen molar-refractivity contribution in [3.05, 3.63) is 59.2 Å². The van der Waals surface area contributed by atoms with Crippen LogP contribution in [0.5, 0.6) is 5.75 Å². The van der Waals surface area contributed by atoms with Gasteiger partial charge in [-0.05, 0) is 87.9 Å². The lowest BCUT2D eigenvalue weighted by Gasteiger charge is -2.36. The zero-order chi connectivity index (χ0) is 29.3. The first-order valence-electron chi connectivity index (χ1n) is 13.6. The van der Waals surface area contributed by atoms with Crippen molar-refractivity contribution in [2.45, 2.75) is 85.9 Å². The van der Waals surface area contributed by atoms with Crippen LogP contribution < -0.4 is 15.4 Å². The molecular formula is C31H45N3O5. The minimum atomic E-state index is -0.911. The molecule has 2 rings (SSSR count). The third kappa shape index (κ3) is 8.73. The lowest BCUT2D eigenvalue weighted by molar-refractivity contribution is -0.142. The number of nitrogens with one attached hydrogen (secondary N) is 2. The highest BCUT2D eigenvalue weighted by Crippen LogP contribution is 2.30. The van der Waals surface area contributed by atoms with Gasteiger partial charge in [-0.3, -0.25) is 9.59 Å². The molecule has 39 heavy (non-hydrogen) atoms. The van der Waals surface area contributed by atoms with Gasteiger partial charge >= 0.3 is 6.09 Å². The standard InChI is InChI=1S/C31H45N3O5/c1-10-19-34(29(36)26(20(3)11-2)33-30(37)39-31(6,7)8)27(25-14-12-13-21(4)22(25)5)28(35)32-23-15-17-24(38-9)18-16-23/h12-18,20,26-27H,10-11,19H2,1-9H3,(H,32,35)(H,33,37). The molecule has 0 aliphatic heterocycles. The molecule has 0 bridgehead atoms. The number of amides is 3. The molecule has 0 radical (unpaired) electrons. The van der Waals surface area contributed by atoms with Crippen LogP contribution in [0, 0.1) is 19.8 Å². The van der Waals surface area contributed by atoms with Crippen LogP contribution in [0.4, 0.5) is 10.5 Å². The molecule has 214 valence electrons. The average molecular weight is 540 g/mol. The molecule has 2 N–H and O–H groups in total. The summed E-state index contributed by atoms with van der Waals surface area (Å²) < 4.78 is 10.7. The van der Waals surface area contributed by atoms with E-state index in [0.717, 1.165) is 16.7 Å². The van der Waals surface area contributed by atoms with Crippen LogP contribution in [-0.2, 0) is 14.3 Å².